The average molecular weight is 433 g/mol. The lowest BCUT2D eigenvalue weighted by atomic mass is 9.71. The number of ether oxygens (including phenoxy) is 1. The Hall–Kier alpha value is -2.06. The van der Waals surface area contributed by atoms with Crippen molar-refractivity contribution in [3.63, 3.8) is 0 Å². The summed E-state index contributed by atoms with van der Waals surface area (Å²) in [4.78, 5) is 41.1. The number of carbonyl (C=O) groups excluding carboxylic acids is 3. The molecule has 2 N–H and O–H groups in total. The number of amides is 2. The second kappa shape index (κ2) is 7.89. The number of esters is 1. The van der Waals surface area contributed by atoms with Crippen LogP contribution in [-0.4, -0.2) is 63.6 Å². The van der Waals surface area contributed by atoms with Crippen molar-refractivity contribution in [1.82, 2.24) is 4.90 Å². The zero-order valence-corrected chi connectivity index (χ0v) is 18.3. The van der Waals surface area contributed by atoms with E-state index in [-0.39, 0.29) is 42.8 Å². The fourth-order valence-electron chi connectivity index (χ4n) is 5.51. The lowest BCUT2D eigenvalue weighted by Crippen LogP contribution is -2.52. The second-order valence-electron chi connectivity index (χ2n) is 8.32. The maximum absolute atomic E-state index is 13.6. The number of thioether (sulfide) groups is 1. The Morgan fingerprint density at radius 3 is 2.67 bits per heavy atom. The van der Waals surface area contributed by atoms with Gasteiger partial charge in [0, 0.05) is 17.5 Å². The van der Waals surface area contributed by atoms with E-state index in [1.807, 2.05) is 32.0 Å². The van der Waals surface area contributed by atoms with E-state index in [9.17, 15) is 19.5 Å². The minimum atomic E-state index is -0.726. The number of nitrogens with zero attached hydrogens (tertiary/aromatic N) is 1. The van der Waals surface area contributed by atoms with Gasteiger partial charge in [0.1, 0.15) is 6.04 Å². The van der Waals surface area contributed by atoms with E-state index in [1.54, 1.807) is 18.7 Å². The molecule has 4 rings (SSSR count). The molecule has 3 saturated heterocycles. The number of aryl methyl sites for hydroxylation is 2. The predicted octanol–water partition coefficient (Wildman–Crippen LogP) is 1.89. The van der Waals surface area contributed by atoms with Gasteiger partial charge in [0.15, 0.2) is 0 Å². The van der Waals surface area contributed by atoms with Gasteiger partial charge in [-0.2, -0.15) is 0 Å². The third-order valence-electron chi connectivity index (χ3n) is 6.68. The van der Waals surface area contributed by atoms with Crippen LogP contribution in [0.5, 0.6) is 0 Å². The Labute approximate surface area is 180 Å². The monoisotopic (exact) mass is 432 g/mol. The van der Waals surface area contributed by atoms with Gasteiger partial charge in [0.25, 0.3) is 0 Å². The lowest BCUT2D eigenvalue weighted by Gasteiger charge is -2.34. The number of fused-ring (bicyclic) bond motifs is 1. The van der Waals surface area contributed by atoms with E-state index in [1.165, 1.54) is 4.90 Å². The molecule has 0 radical (unpaired) electrons. The molecule has 162 valence electrons. The van der Waals surface area contributed by atoms with Gasteiger partial charge in [-0.15, -0.1) is 11.8 Å². The number of hydrogen-bond acceptors (Lipinski definition) is 6. The van der Waals surface area contributed by atoms with Crippen LogP contribution in [0.1, 0.15) is 30.9 Å². The fraction of sp³-hybridized carbons (Fsp3) is 0.591. The molecule has 7 nitrogen and oxygen atoms in total. The third kappa shape index (κ3) is 3.03. The van der Waals surface area contributed by atoms with Gasteiger partial charge < -0.3 is 20.1 Å². The number of likely N-dealkylation sites (tertiary alicyclic amines) is 1. The molecule has 0 saturated carbocycles. The highest BCUT2D eigenvalue weighted by Gasteiger charge is 2.73. The zero-order valence-electron chi connectivity index (χ0n) is 17.5. The molecular weight excluding hydrogens is 404 g/mol. The molecular formula is C22H28N2O5S. The molecule has 2 amide bonds. The third-order valence-corrected chi connectivity index (χ3v) is 8.63. The minimum absolute atomic E-state index is 0.00947. The number of nitrogens with one attached hydrogen (secondary N) is 1. The highest BCUT2D eigenvalue weighted by molar-refractivity contribution is 8.02. The molecule has 1 aromatic carbocycles. The summed E-state index contributed by atoms with van der Waals surface area (Å²) in [6, 6.07) is 5.07. The van der Waals surface area contributed by atoms with Crippen molar-refractivity contribution in [3.05, 3.63) is 29.3 Å². The van der Waals surface area contributed by atoms with E-state index < -0.39 is 22.6 Å². The molecule has 1 aromatic rings. The molecule has 30 heavy (non-hydrogen) atoms. The molecule has 2 bridgehead atoms. The molecule has 0 aromatic heterocycles. The summed E-state index contributed by atoms with van der Waals surface area (Å²) < 4.78 is 4.62. The SMILES string of the molecule is CCOC(=O)[C@@H]1[C@H]2C(=O)N(CCO)C(C(=O)Nc3c(C)cccc3C)C23CC[C@H]1S3. The molecule has 3 aliphatic heterocycles. The molecule has 2 unspecified atom stereocenters. The van der Waals surface area contributed by atoms with E-state index in [2.05, 4.69) is 5.32 Å². The number of anilines is 1. The summed E-state index contributed by atoms with van der Waals surface area (Å²) in [6.07, 6.45) is 1.47. The number of para-hydroxylation sites is 1. The first-order valence-corrected chi connectivity index (χ1v) is 11.4. The summed E-state index contributed by atoms with van der Waals surface area (Å²) in [5, 5.41) is 12.6. The van der Waals surface area contributed by atoms with Crippen LogP contribution in [0.15, 0.2) is 18.2 Å². The second-order valence-corrected chi connectivity index (χ2v) is 9.92. The molecule has 0 aliphatic carbocycles. The molecule has 3 heterocycles. The largest absolute Gasteiger partial charge is 0.466 e. The number of β-amino-alcohol motifs (C(OH)–C–C–N with tert-alkyl or cyclic N) is 1. The van der Waals surface area contributed by atoms with Crippen molar-refractivity contribution in [1.29, 1.82) is 0 Å². The number of aliphatic hydroxyl groups excluding tert-OH is 1. The molecule has 5 atom stereocenters. The lowest BCUT2D eigenvalue weighted by molar-refractivity contribution is -0.153. The first-order valence-electron chi connectivity index (χ1n) is 10.5. The predicted molar refractivity (Wildman–Crippen MR) is 114 cm³/mol. The summed E-state index contributed by atoms with van der Waals surface area (Å²) >= 11 is 1.59. The standard InChI is InChI=1S/C22H28N2O5S/c1-4-29-21(28)15-14-8-9-22(30-14)16(15)20(27)24(10-11-25)18(22)19(26)23-17-12(2)6-5-7-13(17)3/h5-7,14-16,18,25H,4,8-11H2,1-3H3,(H,23,26)/t14-,15+,16+,18?,22?/m1/s1. The van der Waals surface area contributed by atoms with Crippen LogP contribution < -0.4 is 5.32 Å². The summed E-state index contributed by atoms with van der Waals surface area (Å²) in [5.74, 6) is -1.95. The van der Waals surface area contributed by atoms with Gasteiger partial charge in [-0.1, -0.05) is 18.2 Å². The maximum Gasteiger partial charge on any atom is 0.310 e. The van der Waals surface area contributed by atoms with Crippen LogP contribution >= 0.6 is 11.8 Å². The van der Waals surface area contributed by atoms with Crippen LogP contribution in [0.2, 0.25) is 0 Å². The van der Waals surface area contributed by atoms with Gasteiger partial charge in [-0.25, -0.2) is 0 Å². The Morgan fingerprint density at radius 2 is 2.03 bits per heavy atom. The molecule has 3 fully saturated rings. The first-order chi connectivity index (χ1) is 14.4. The number of aliphatic hydroxyl groups is 1. The molecule has 3 aliphatic rings. The minimum Gasteiger partial charge on any atom is -0.466 e. The van der Waals surface area contributed by atoms with Crippen molar-refractivity contribution < 1.29 is 24.2 Å². The van der Waals surface area contributed by atoms with Crippen LogP contribution in [0.4, 0.5) is 5.69 Å². The highest BCUT2D eigenvalue weighted by Crippen LogP contribution is 2.66. The number of rotatable bonds is 6. The van der Waals surface area contributed by atoms with Gasteiger partial charge in [-0.05, 0) is 44.7 Å². The fourth-order valence-corrected chi connectivity index (χ4v) is 7.72. The van der Waals surface area contributed by atoms with E-state index in [0.717, 1.165) is 23.2 Å². The maximum atomic E-state index is 13.6. The van der Waals surface area contributed by atoms with E-state index in [4.69, 9.17) is 4.74 Å². The Morgan fingerprint density at radius 1 is 1.33 bits per heavy atom. The van der Waals surface area contributed by atoms with Crippen molar-refractivity contribution in [2.75, 3.05) is 25.1 Å². The van der Waals surface area contributed by atoms with Crippen LogP contribution in [0.25, 0.3) is 0 Å². The zero-order chi connectivity index (χ0) is 21.6. The number of benzene rings is 1. The van der Waals surface area contributed by atoms with Gasteiger partial charge >= 0.3 is 5.97 Å². The van der Waals surface area contributed by atoms with Crippen LogP contribution in [0.3, 0.4) is 0 Å². The topological polar surface area (TPSA) is 95.9 Å². The quantitative estimate of drug-likeness (QED) is 0.667. The van der Waals surface area contributed by atoms with Crippen molar-refractivity contribution in [2.24, 2.45) is 11.8 Å². The first kappa shape index (κ1) is 21.2. The molecule has 1 spiro atoms. The van der Waals surface area contributed by atoms with E-state index >= 15 is 0 Å². The van der Waals surface area contributed by atoms with Gasteiger partial charge in [0.05, 0.1) is 29.8 Å². The van der Waals surface area contributed by atoms with Crippen LogP contribution in [0, 0.1) is 25.7 Å². The molecule has 8 heteroatoms. The van der Waals surface area contributed by atoms with Crippen molar-refractivity contribution in [2.45, 2.75) is 49.7 Å². The summed E-state index contributed by atoms with van der Waals surface area (Å²) in [7, 11) is 0. The number of carbonyl (C=O) groups is 3. The van der Waals surface area contributed by atoms with Gasteiger partial charge in [0.2, 0.25) is 11.8 Å². The van der Waals surface area contributed by atoms with Gasteiger partial charge in [-0.3, -0.25) is 14.4 Å². The Balaban J connectivity index is 1.71. The summed E-state index contributed by atoms with van der Waals surface area (Å²) in [6.45, 7) is 5.72. The van der Waals surface area contributed by atoms with E-state index in [0.29, 0.717) is 6.42 Å². The van der Waals surface area contributed by atoms with Crippen molar-refractivity contribution >= 4 is 35.2 Å². The van der Waals surface area contributed by atoms with Crippen molar-refractivity contribution in [3.8, 4) is 0 Å². The summed E-state index contributed by atoms with van der Waals surface area (Å²) in [5.41, 5.74) is 2.64. The smallest absolute Gasteiger partial charge is 0.310 e. The number of hydrogen-bond donors (Lipinski definition) is 2. The Bertz CT molecular complexity index is 870. The highest BCUT2D eigenvalue weighted by atomic mass is 32.2. The Kier molecular flexibility index (Phi) is 5.57. The van der Waals surface area contributed by atoms with Crippen LogP contribution in [-0.2, 0) is 19.1 Å². The normalized spacial score (nSPS) is 31.7. The average Bonchev–Trinajstić information content (AvgIpc) is 3.33.